The molecule has 0 aromatic rings. The van der Waals surface area contributed by atoms with Crippen molar-refractivity contribution < 1.29 is 14.6 Å². The lowest BCUT2D eigenvalue weighted by molar-refractivity contribution is -0.153. The van der Waals surface area contributed by atoms with E-state index in [9.17, 15) is 9.90 Å². The molecule has 2 fully saturated rings. The average molecular weight is 485 g/mol. The maximum absolute atomic E-state index is 12.4. The highest BCUT2D eigenvalue weighted by molar-refractivity contribution is 5.67. The number of allylic oxidation sites excluding steroid dienone is 3. The summed E-state index contributed by atoms with van der Waals surface area (Å²) in [5.74, 6) is 1.58. The molecule has 4 rings (SSSR count). The summed E-state index contributed by atoms with van der Waals surface area (Å²) in [6.45, 7) is 20.5. The first-order chi connectivity index (χ1) is 16.2. The molecule has 4 aliphatic rings. The average Bonchev–Trinajstić information content (AvgIpc) is 3.01. The van der Waals surface area contributed by atoms with Crippen LogP contribution in [-0.2, 0) is 9.53 Å². The van der Waals surface area contributed by atoms with Gasteiger partial charge in [-0.2, -0.15) is 0 Å². The third kappa shape index (κ3) is 4.07. The zero-order valence-corrected chi connectivity index (χ0v) is 24.1. The highest BCUT2D eigenvalue weighted by Gasteiger charge is 2.66. The van der Waals surface area contributed by atoms with E-state index >= 15 is 0 Å². The Morgan fingerprint density at radius 3 is 2.40 bits per heavy atom. The molecule has 3 nitrogen and oxygen atoms in total. The summed E-state index contributed by atoms with van der Waals surface area (Å²) in [7, 11) is 0. The van der Waals surface area contributed by atoms with Crippen LogP contribution >= 0.6 is 0 Å². The number of aliphatic hydroxyl groups excluding tert-OH is 1. The van der Waals surface area contributed by atoms with E-state index < -0.39 is 0 Å². The Balaban J connectivity index is 1.77. The largest absolute Gasteiger partial charge is 0.458 e. The smallest absolute Gasteiger partial charge is 0.303 e. The van der Waals surface area contributed by atoms with Crippen molar-refractivity contribution in [2.75, 3.05) is 0 Å². The molecule has 1 unspecified atom stereocenters. The van der Waals surface area contributed by atoms with Crippen LogP contribution < -0.4 is 0 Å². The van der Waals surface area contributed by atoms with Crippen molar-refractivity contribution in [2.45, 2.75) is 132 Å². The van der Waals surface area contributed by atoms with Gasteiger partial charge in [-0.1, -0.05) is 58.8 Å². The molecule has 4 aliphatic carbocycles. The first-order valence-corrected chi connectivity index (χ1v) is 14.4. The molecule has 0 aromatic carbocycles. The van der Waals surface area contributed by atoms with E-state index in [4.69, 9.17) is 4.74 Å². The summed E-state index contributed by atoms with van der Waals surface area (Å²) in [5.41, 5.74) is 4.68. The van der Waals surface area contributed by atoms with E-state index in [1.807, 2.05) is 0 Å². The lowest BCUT2D eigenvalue weighted by atomic mass is 9.42. The lowest BCUT2D eigenvalue weighted by Gasteiger charge is -2.63. The Labute approximate surface area is 215 Å². The zero-order chi connectivity index (χ0) is 26.0. The monoisotopic (exact) mass is 484 g/mol. The Hall–Kier alpha value is -1.09. The van der Waals surface area contributed by atoms with Gasteiger partial charge in [-0.3, -0.25) is 4.79 Å². The van der Waals surface area contributed by atoms with Gasteiger partial charge in [0.25, 0.3) is 0 Å². The molecule has 8 atom stereocenters. The number of aliphatic hydroxyl groups is 1. The number of esters is 1. The van der Waals surface area contributed by atoms with E-state index in [0.29, 0.717) is 17.8 Å². The van der Waals surface area contributed by atoms with Crippen LogP contribution in [0.1, 0.15) is 120 Å². The van der Waals surface area contributed by atoms with Crippen LogP contribution in [-0.4, -0.2) is 23.3 Å². The van der Waals surface area contributed by atoms with Crippen LogP contribution in [0.3, 0.4) is 0 Å². The van der Waals surface area contributed by atoms with Gasteiger partial charge in [0, 0.05) is 6.92 Å². The molecule has 0 spiro atoms. The van der Waals surface area contributed by atoms with Crippen molar-refractivity contribution in [3.8, 4) is 0 Å². The molecule has 35 heavy (non-hydrogen) atoms. The molecule has 0 bridgehead atoms. The van der Waals surface area contributed by atoms with Gasteiger partial charge in [-0.25, -0.2) is 0 Å². The molecule has 0 aromatic heterocycles. The number of ether oxygens (including phenoxy) is 1. The van der Waals surface area contributed by atoms with Gasteiger partial charge in [0.2, 0.25) is 0 Å². The SMILES string of the molecule is CC(=O)OC1C[C@@]2(C)[C@H]([C@H](C)CCC=C(C)C)CC[C@]2(C)C2=C1[C@@]1(C)CC[C@H](O)C(C)(C)[C@@H]1CC2. The third-order valence-electron chi connectivity index (χ3n) is 11.9. The number of rotatable bonds is 5. The standard InChI is InChI=1S/C32H52O3/c1-20(2)11-10-12-21(3)23-15-18-31(8)24-13-14-26-29(5,6)27(34)16-17-30(26,7)28(24)25(35-22(4)33)19-32(23,31)9/h11,21,23,25-27,34H,10,12-19H2,1-9H3/t21-,23+,25?,26+,27+,30+,31-,32+/m1/s1. The summed E-state index contributed by atoms with van der Waals surface area (Å²) in [4.78, 5) is 12.4. The van der Waals surface area contributed by atoms with Crippen molar-refractivity contribution in [3.63, 3.8) is 0 Å². The third-order valence-corrected chi connectivity index (χ3v) is 11.9. The van der Waals surface area contributed by atoms with Crippen LogP contribution in [0.25, 0.3) is 0 Å². The van der Waals surface area contributed by atoms with Crippen molar-refractivity contribution in [1.29, 1.82) is 0 Å². The molecule has 0 heterocycles. The van der Waals surface area contributed by atoms with Crippen LogP contribution in [0.5, 0.6) is 0 Å². The highest BCUT2D eigenvalue weighted by Crippen LogP contribution is 2.72. The second-order valence-electron chi connectivity index (χ2n) is 14.3. The Morgan fingerprint density at radius 1 is 1.09 bits per heavy atom. The Bertz CT molecular complexity index is 908. The topological polar surface area (TPSA) is 46.5 Å². The number of carbonyl (C=O) groups excluding carboxylic acids is 1. The van der Waals surface area contributed by atoms with Crippen molar-refractivity contribution in [3.05, 3.63) is 22.8 Å². The summed E-state index contributed by atoms with van der Waals surface area (Å²) in [6.07, 6.45) is 11.9. The minimum Gasteiger partial charge on any atom is -0.458 e. The lowest BCUT2D eigenvalue weighted by Crippen LogP contribution is -2.58. The first kappa shape index (κ1) is 27.0. The summed E-state index contributed by atoms with van der Waals surface area (Å²) in [5, 5.41) is 10.9. The number of fused-ring (bicyclic) bond motifs is 4. The van der Waals surface area contributed by atoms with Gasteiger partial charge < -0.3 is 9.84 Å². The van der Waals surface area contributed by atoms with E-state index in [-0.39, 0.29) is 39.8 Å². The van der Waals surface area contributed by atoms with Gasteiger partial charge in [0.1, 0.15) is 6.10 Å². The second-order valence-corrected chi connectivity index (χ2v) is 14.3. The van der Waals surface area contributed by atoms with Crippen LogP contribution in [0.15, 0.2) is 22.8 Å². The maximum Gasteiger partial charge on any atom is 0.303 e. The van der Waals surface area contributed by atoms with Crippen LogP contribution in [0, 0.1) is 39.4 Å². The van der Waals surface area contributed by atoms with Gasteiger partial charge in [-0.05, 0) is 117 Å². The van der Waals surface area contributed by atoms with E-state index in [1.165, 1.54) is 30.4 Å². The molecular weight excluding hydrogens is 432 g/mol. The maximum atomic E-state index is 12.4. The minimum atomic E-state index is -0.253. The zero-order valence-electron chi connectivity index (χ0n) is 24.1. The van der Waals surface area contributed by atoms with Crippen molar-refractivity contribution >= 4 is 5.97 Å². The van der Waals surface area contributed by atoms with E-state index in [0.717, 1.165) is 38.5 Å². The van der Waals surface area contributed by atoms with Gasteiger partial charge >= 0.3 is 5.97 Å². The fraction of sp³-hybridized carbons (Fsp3) is 0.844. The highest BCUT2D eigenvalue weighted by atomic mass is 16.5. The summed E-state index contributed by atoms with van der Waals surface area (Å²) >= 11 is 0. The predicted molar refractivity (Wildman–Crippen MR) is 144 cm³/mol. The number of carbonyl (C=O) groups is 1. The molecule has 198 valence electrons. The molecule has 0 amide bonds. The fourth-order valence-corrected chi connectivity index (χ4v) is 9.82. The van der Waals surface area contributed by atoms with Crippen LogP contribution in [0.4, 0.5) is 0 Å². The molecule has 0 saturated heterocycles. The summed E-state index contributed by atoms with van der Waals surface area (Å²) in [6, 6.07) is 0. The van der Waals surface area contributed by atoms with Gasteiger partial charge in [0.05, 0.1) is 6.10 Å². The number of hydrogen-bond acceptors (Lipinski definition) is 3. The first-order valence-electron chi connectivity index (χ1n) is 14.4. The van der Waals surface area contributed by atoms with Gasteiger partial charge in [0.15, 0.2) is 0 Å². The Morgan fingerprint density at radius 2 is 1.77 bits per heavy atom. The van der Waals surface area contributed by atoms with E-state index in [2.05, 4.69) is 61.5 Å². The molecule has 2 saturated carbocycles. The second kappa shape index (κ2) is 9.03. The molecule has 1 N–H and O–H groups in total. The fourth-order valence-electron chi connectivity index (χ4n) is 9.82. The number of hydrogen-bond donors (Lipinski definition) is 1. The predicted octanol–water partition coefficient (Wildman–Crippen LogP) is 8.02. The molecular formula is C32H52O3. The Kier molecular flexibility index (Phi) is 6.96. The molecule has 0 radical (unpaired) electrons. The van der Waals surface area contributed by atoms with Crippen molar-refractivity contribution in [2.24, 2.45) is 39.4 Å². The minimum absolute atomic E-state index is 0.00603. The summed E-state index contributed by atoms with van der Waals surface area (Å²) < 4.78 is 6.26. The normalized spacial score (nSPS) is 43.0. The molecule has 3 heteroatoms. The van der Waals surface area contributed by atoms with Crippen molar-refractivity contribution in [1.82, 2.24) is 0 Å². The van der Waals surface area contributed by atoms with Crippen LogP contribution in [0.2, 0.25) is 0 Å². The van der Waals surface area contributed by atoms with E-state index in [1.54, 1.807) is 12.5 Å². The quantitative estimate of drug-likeness (QED) is 0.317. The van der Waals surface area contributed by atoms with Gasteiger partial charge in [-0.15, -0.1) is 0 Å². The molecule has 0 aliphatic heterocycles.